The van der Waals surface area contributed by atoms with Gasteiger partial charge in [0.1, 0.15) is 0 Å². The molecule has 1 aliphatic rings. The molecule has 1 aromatic rings. The normalized spacial score (nSPS) is 23.9. The molecule has 0 aromatic heterocycles. The molecule has 1 aromatic carbocycles. The van der Waals surface area contributed by atoms with Crippen LogP contribution < -0.4 is 4.90 Å². The van der Waals surface area contributed by atoms with Crippen LogP contribution in [0.5, 0.6) is 0 Å². The molecule has 0 saturated carbocycles. The van der Waals surface area contributed by atoms with Crippen LogP contribution in [0.4, 0.5) is 5.69 Å². The first-order chi connectivity index (χ1) is 8.59. The van der Waals surface area contributed by atoms with Crippen molar-refractivity contribution in [1.29, 1.82) is 0 Å². The SMILES string of the molecule is C/C=C/C(=O)C1(O)CCN(c2ccccc2)C1=O. The molecule has 94 valence electrons. The van der Waals surface area contributed by atoms with Gasteiger partial charge in [0.2, 0.25) is 5.60 Å². The molecule has 0 aliphatic carbocycles. The molecule has 1 atom stereocenters. The van der Waals surface area contributed by atoms with Crippen LogP contribution in [0.2, 0.25) is 0 Å². The van der Waals surface area contributed by atoms with Gasteiger partial charge in [-0.15, -0.1) is 0 Å². The number of carbonyl (C=O) groups excluding carboxylic acids is 2. The van der Waals surface area contributed by atoms with Gasteiger partial charge in [-0.1, -0.05) is 24.3 Å². The summed E-state index contributed by atoms with van der Waals surface area (Å²) in [7, 11) is 0. The third-order valence-electron chi connectivity index (χ3n) is 3.09. The summed E-state index contributed by atoms with van der Waals surface area (Å²) in [5, 5.41) is 10.2. The fourth-order valence-corrected chi connectivity index (χ4v) is 2.08. The summed E-state index contributed by atoms with van der Waals surface area (Å²) >= 11 is 0. The molecule has 1 heterocycles. The molecule has 0 bridgehead atoms. The second-order valence-electron chi connectivity index (χ2n) is 4.27. The van der Waals surface area contributed by atoms with Crippen LogP contribution in [-0.4, -0.2) is 28.9 Å². The predicted molar refractivity (Wildman–Crippen MR) is 68.2 cm³/mol. The fourth-order valence-electron chi connectivity index (χ4n) is 2.08. The van der Waals surface area contributed by atoms with Crippen molar-refractivity contribution in [2.24, 2.45) is 0 Å². The van der Waals surface area contributed by atoms with Gasteiger partial charge in [-0.2, -0.15) is 0 Å². The van der Waals surface area contributed by atoms with Crippen molar-refractivity contribution in [2.45, 2.75) is 18.9 Å². The average molecular weight is 245 g/mol. The maximum Gasteiger partial charge on any atom is 0.267 e. The third-order valence-corrected chi connectivity index (χ3v) is 3.09. The number of benzene rings is 1. The van der Waals surface area contributed by atoms with E-state index in [2.05, 4.69) is 0 Å². The van der Waals surface area contributed by atoms with Crippen LogP contribution in [-0.2, 0) is 9.59 Å². The lowest BCUT2D eigenvalue weighted by atomic mass is 9.96. The number of amides is 1. The Morgan fingerprint density at radius 2 is 2.06 bits per heavy atom. The lowest BCUT2D eigenvalue weighted by molar-refractivity contribution is -0.144. The van der Waals surface area contributed by atoms with Crippen LogP contribution >= 0.6 is 0 Å². The summed E-state index contributed by atoms with van der Waals surface area (Å²) in [5.41, 5.74) is -1.20. The van der Waals surface area contributed by atoms with E-state index in [1.165, 1.54) is 17.1 Å². The first-order valence-corrected chi connectivity index (χ1v) is 5.86. The highest BCUT2D eigenvalue weighted by atomic mass is 16.3. The number of hydrogen-bond acceptors (Lipinski definition) is 3. The van der Waals surface area contributed by atoms with Gasteiger partial charge in [-0.25, -0.2) is 0 Å². The average Bonchev–Trinajstić information content (AvgIpc) is 2.69. The van der Waals surface area contributed by atoms with E-state index in [0.29, 0.717) is 12.2 Å². The number of allylic oxidation sites excluding steroid dienone is 1. The number of hydrogen-bond donors (Lipinski definition) is 1. The molecule has 1 N–H and O–H groups in total. The number of anilines is 1. The van der Waals surface area contributed by atoms with Gasteiger partial charge >= 0.3 is 0 Å². The lowest BCUT2D eigenvalue weighted by Gasteiger charge is -2.20. The Balaban J connectivity index is 2.27. The van der Waals surface area contributed by atoms with Gasteiger partial charge in [0.15, 0.2) is 5.78 Å². The highest BCUT2D eigenvalue weighted by molar-refractivity contribution is 6.20. The van der Waals surface area contributed by atoms with E-state index < -0.39 is 17.3 Å². The third kappa shape index (κ3) is 1.95. The highest BCUT2D eigenvalue weighted by Crippen LogP contribution is 2.29. The Morgan fingerprint density at radius 3 is 2.67 bits per heavy atom. The molecule has 0 radical (unpaired) electrons. The van der Waals surface area contributed by atoms with Gasteiger partial charge in [-0.3, -0.25) is 9.59 Å². The molecule has 1 amide bonds. The van der Waals surface area contributed by atoms with Crippen molar-refractivity contribution in [3.05, 3.63) is 42.5 Å². The number of para-hydroxylation sites is 1. The van der Waals surface area contributed by atoms with Crippen LogP contribution in [0.25, 0.3) is 0 Å². The van der Waals surface area contributed by atoms with Crippen molar-refractivity contribution < 1.29 is 14.7 Å². The number of aliphatic hydroxyl groups is 1. The van der Waals surface area contributed by atoms with E-state index in [1.807, 2.05) is 18.2 Å². The molecule has 4 nitrogen and oxygen atoms in total. The first kappa shape index (κ1) is 12.5. The van der Waals surface area contributed by atoms with Crippen molar-refractivity contribution in [2.75, 3.05) is 11.4 Å². The Labute approximate surface area is 106 Å². The minimum absolute atomic E-state index is 0.129. The Bertz CT molecular complexity index is 495. The van der Waals surface area contributed by atoms with E-state index >= 15 is 0 Å². The zero-order chi connectivity index (χ0) is 13.2. The lowest BCUT2D eigenvalue weighted by Crippen LogP contribution is -2.46. The van der Waals surface area contributed by atoms with Crippen molar-refractivity contribution in [3.63, 3.8) is 0 Å². The van der Waals surface area contributed by atoms with Gasteiger partial charge < -0.3 is 10.0 Å². The second kappa shape index (κ2) is 4.74. The molecule has 0 spiro atoms. The topological polar surface area (TPSA) is 57.6 Å². The minimum atomic E-state index is -1.90. The first-order valence-electron chi connectivity index (χ1n) is 5.86. The van der Waals surface area contributed by atoms with Crippen LogP contribution in [0.1, 0.15) is 13.3 Å². The molecule has 1 fully saturated rings. The van der Waals surface area contributed by atoms with Gasteiger partial charge in [0.25, 0.3) is 5.91 Å². The van der Waals surface area contributed by atoms with Gasteiger partial charge in [0.05, 0.1) is 0 Å². The van der Waals surface area contributed by atoms with E-state index in [9.17, 15) is 14.7 Å². The van der Waals surface area contributed by atoms with Crippen LogP contribution in [0.3, 0.4) is 0 Å². The summed E-state index contributed by atoms with van der Waals surface area (Å²) in [6, 6.07) is 9.04. The second-order valence-corrected chi connectivity index (χ2v) is 4.27. The quantitative estimate of drug-likeness (QED) is 0.645. The van der Waals surface area contributed by atoms with Crippen LogP contribution in [0, 0.1) is 0 Å². The smallest absolute Gasteiger partial charge is 0.267 e. The summed E-state index contributed by atoms with van der Waals surface area (Å²) in [4.78, 5) is 25.4. The summed E-state index contributed by atoms with van der Waals surface area (Å²) in [6.07, 6.45) is 2.90. The summed E-state index contributed by atoms with van der Waals surface area (Å²) in [5.74, 6) is -1.09. The molecule has 2 rings (SSSR count). The van der Waals surface area contributed by atoms with Gasteiger partial charge in [0, 0.05) is 18.7 Å². The van der Waals surface area contributed by atoms with Crippen LogP contribution in [0.15, 0.2) is 42.5 Å². The van der Waals surface area contributed by atoms with Crippen molar-refractivity contribution in [3.8, 4) is 0 Å². The zero-order valence-corrected chi connectivity index (χ0v) is 10.2. The zero-order valence-electron chi connectivity index (χ0n) is 10.2. The van der Waals surface area contributed by atoms with E-state index in [-0.39, 0.29) is 6.42 Å². The predicted octanol–water partition coefficient (Wildman–Crippen LogP) is 1.30. The number of nitrogens with zero attached hydrogens (tertiary/aromatic N) is 1. The minimum Gasteiger partial charge on any atom is -0.373 e. The molecule has 1 aliphatic heterocycles. The largest absolute Gasteiger partial charge is 0.373 e. The number of ketones is 1. The maximum atomic E-state index is 12.2. The van der Waals surface area contributed by atoms with Crippen molar-refractivity contribution >= 4 is 17.4 Å². The molecule has 1 saturated heterocycles. The monoisotopic (exact) mass is 245 g/mol. The van der Waals surface area contributed by atoms with E-state index in [0.717, 1.165) is 0 Å². The molecular formula is C14H15NO3. The Kier molecular flexibility index (Phi) is 3.30. The molecule has 4 heteroatoms. The Morgan fingerprint density at radius 1 is 1.39 bits per heavy atom. The number of rotatable bonds is 3. The highest BCUT2D eigenvalue weighted by Gasteiger charge is 2.50. The van der Waals surface area contributed by atoms with Gasteiger partial charge in [-0.05, 0) is 25.1 Å². The number of carbonyl (C=O) groups is 2. The van der Waals surface area contributed by atoms with E-state index in [4.69, 9.17) is 0 Å². The maximum absolute atomic E-state index is 12.2. The fraction of sp³-hybridized carbons (Fsp3) is 0.286. The van der Waals surface area contributed by atoms with Crippen molar-refractivity contribution in [1.82, 2.24) is 0 Å². The van der Waals surface area contributed by atoms with E-state index in [1.54, 1.807) is 19.1 Å². The standard InChI is InChI=1S/C14H15NO3/c1-2-6-12(16)14(18)9-10-15(13(14)17)11-7-4-3-5-8-11/h2-8,18H,9-10H2,1H3/b6-2+. The molecule has 18 heavy (non-hydrogen) atoms. The Hall–Kier alpha value is -1.94. The molecular weight excluding hydrogens is 230 g/mol. The summed E-state index contributed by atoms with van der Waals surface area (Å²) < 4.78 is 0. The summed E-state index contributed by atoms with van der Waals surface area (Å²) in [6.45, 7) is 2.03. The molecule has 1 unspecified atom stereocenters.